The van der Waals surface area contributed by atoms with E-state index in [4.69, 9.17) is 28.2 Å². The van der Waals surface area contributed by atoms with Gasteiger partial charge in [-0.2, -0.15) is 0 Å². The Hall–Kier alpha value is -2.16. The zero-order valence-corrected chi connectivity index (χ0v) is 18.6. The summed E-state index contributed by atoms with van der Waals surface area (Å²) in [6, 6.07) is 16.9. The molecule has 2 N–H and O–H groups in total. The Kier molecular flexibility index (Phi) is 6.88. The van der Waals surface area contributed by atoms with Gasteiger partial charge in [0.1, 0.15) is 11.5 Å². The molecule has 2 aromatic carbocycles. The fraction of sp³-hybridized carbons (Fsp3) is 0.0476. The van der Waals surface area contributed by atoms with E-state index in [1.807, 2.05) is 43.3 Å². The molecule has 28 heavy (non-hydrogen) atoms. The number of hydrogen-bond donors (Lipinski definition) is 2. The lowest BCUT2D eigenvalue weighted by Crippen LogP contribution is -2.33. The third-order valence-corrected chi connectivity index (χ3v) is 4.95. The average Bonchev–Trinajstić information content (AvgIpc) is 3.12. The average molecular weight is 523 g/mol. The molecule has 0 atom stereocenters. The molecule has 4 nitrogen and oxygen atoms in total. The molecule has 0 unspecified atom stereocenters. The Labute approximate surface area is 187 Å². The molecule has 142 valence electrons. The molecule has 3 aromatic rings. The highest BCUT2D eigenvalue weighted by Crippen LogP contribution is 2.24. The van der Waals surface area contributed by atoms with Crippen LogP contribution in [0, 0.1) is 10.5 Å². The minimum atomic E-state index is -0.342. The van der Waals surface area contributed by atoms with Gasteiger partial charge in [-0.3, -0.25) is 10.1 Å². The molecule has 0 saturated heterocycles. The quantitative estimate of drug-likeness (QED) is 0.249. The van der Waals surface area contributed by atoms with E-state index in [-0.39, 0.29) is 11.0 Å². The Morgan fingerprint density at radius 3 is 2.61 bits per heavy atom. The van der Waals surface area contributed by atoms with Crippen molar-refractivity contribution in [1.29, 1.82) is 0 Å². The Morgan fingerprint density at radius 2 is 1.89 bits per heavy atom. The van der Waals surface area contributed by atoms with Gasteiger partial charge in [0, 0.05) is 25.9 Å². The molecule has 0 fully saturated rings. The monoisotopic (exact) mass is 522 g/mol. The number of thiocarbonyl (C=S) groups is 1. The van der Waals surface area contributed by atoms with E-state index >= 15 is 0 Å². The summed E-state index contributed by atoms with van der Waals surface area (Å²) in [5.41, 5.74) is 2.81. The van der Waals surface area contributed by atoms with Crippen LogP contribution in [-0.2, 0) is 4.79 Å². The lowest BCUT2D eigenvalue weighted by atomic mass is 10.2. The number of anilines is 1. The predicted octanol–water partition coefficient (Wildman–Crippen LogP) is 6.04. The van der Waals surface area contributed by atoms with Crippen LogP contribution < -0.4 is 10.6 Å². The maximum absolute atomic E-state index is 12.1. The van der Waals surface area contributed by atoms with Gasteiger partial charge in [-0.25, -0.2) is 0 Å². The third-order valence-electron chi connectivity index (χ3n) is 3.83. The molecule has 7 heteroatoms. The van der Waals surface area contributed by atoms with Crippen molar-refractivity contribution in [3.05, 3.63) is 80.6 Å². The van der Waals surface area contributed by atoms with Crippen molar-refractivity contribution in [2.45, 2.75) is 6.92 Å². The summed E-state index contributed by atoms with van der Waals surface area (Å²) < 4.78 is 6.86. The van der Waals surface area contributed by atoms with Gasteiger partial charge < -0.3 is 9.73 Å². The summed E-state index contributed by atoms with van der Waals surface area (Å²) >= 11 is 13.3. The number of halogens is 2. The Balaban J connectivity index is 1.57. The molecule has 0 aliphatic rings. The van der Waals surface area contributed by atoms with Crippen molar-refractivity contribution in [1.82, 2.24) is 5.32 Å². The molecule has 0 bridgehead atoms. The van der Waals surface area contributed by atoms with Crippen molar-refractivity contribution in [2.24, 2.45) is 0 Å². The van der Waals surface area contributed by atoms with Crippen molar-refractivity contribution >= 4 is 69.2 Å². The highest BCUT2D eigenvalue weighted by atomic mass is 127. The van der Waals surface area contributed by atoms with Crippen molar-refractivity contribution < 1.29 is 9.21 Å². The highest BCUT2D eigenvalue weighted by Gasteiger charge is 2.06. The summed E-state index contributed by atoms with van der Waals surface area (Å²) in [6.07, 6.45) is 2.97. The second-order valence-electron chi connectivity index (χ2n) is 5.94. The zero-order chi connectivity index (χ0) is 20.1. The highest BCUT2D eigenvalue weighted by molar-refractivity contribution is 14.1. The summed E-state index contributed by atoms with van der Waals surface area (Å²) in [5, 5.41) is 6.55. The summed E-state index contributed by atoms with van der Waals surface area (Å²) in [6.45, 7) is 1.98. The molecule has 0 aliphatic carbocycles. The SMILES string of the molecule is Cc1cc(I)ccc1NC(=S)NC(=O)C=Cc1ccc(-c2ccc(Cl)cc2)o1. The van der Waals surface area contributed by atoms with E-state index in [2.05, 4.69) is 33.2 Å². The first kappa shape index (κ1) is 20.6. The predicted molar refractivity (Wildman–Crippen MR) is 126 cm³/mol. The van der Waals surface area contributed by atoms with E-state index < -0.39 is 0 Å². The van der Waals surface area contributed by atoms with Crippen LogP contribution in [0.5, 0.6) is 0 Å². The second-order valence-corrected chi connectivity index (χ2v) is 8.04. The topological polar surface area (TPSA) is 54.3 Å². The number of benzene rings is 2. The van der Waals surface area contributed by atoms with E-state index in [0.29, 0.717) is 16.5 Å². The first-order valence-corrected chi connectivity index (χ1v) is 10.2. The standard InChI is InChI=1S/C21H16ClIN2O2S/c1-13-12-16(23)6-9-18(13)24-21(28)25-20(26)11-8-17-7-10-19(27-17)14-2-4-15(22)5-3-14/h2-12H,1H3,(H2,24,25,26,28). The molecular weight excluding hydrogens is 507 g/mol. The van der Waals surface area contributed by atoms with Crippen molar-refractivity contribution in [3.8, 4) is 11.3 Å². The van der Waals surface area contributed by atoms with Gasteiger partial charge in [-0.1, -0.05) is 11.6 Å². The number of aryl methyl sites for hydroxylation is 1. The Bertz CT molecular complexity index is 1040. The third kappa shape index (κ3) is 5.67. The summed E-state index contributed by atoms with van der Waals surface area (Å²) in [5.74, 6) is 0.917. The van der Waals surface area contributed by atoms with Crippen LogP contribution in [0.15, 0.2) is 65.1 Å². The van der Waals surface area contributed by atoms with Crippen LogP contribution in [0.25, 0.3) is 17.4 Å². The van der Waals surface area contributed by atoms with Crippen LogP contribution >= 0.6 is 46.4 Å². The second kappa shape index (κ2) is 9.36. The number of carbonyl (C=O) groups excluding carboxylic acids is 1. The zero-order valence-electron chi connectivity index (χ0n) is 14.8. The van der Waals surface area contributed by atoms with E-state index in [9.17, 15) is 4.79 Å². The van der Waals surface area contributed by atoms with E-state index in [1.165, 1.54) is 6.08 Å². The largest absolute Gasteiger partial charge is 0.457 e. The number of nitrogens with one attached hydrogen (secondary N) is 2. The molecule has 3 rings (SSSR count). The normalized spacial score (nSPS) is 10.8. The number of hydrogen-bond acceptors (Lipinski definition) is 3. The molecule has 0 saturated carbocycles. The van der Waals surface area contributed by atoms with Crippen LogP contribution in [-0.4, -0.2) is 11.0 Å². The number of amides is 1. The molecule has 0 radical (unpaired) electrons. The van der Waals surface area contributed by atoms with Crippen molar-refractivity contribution in [2.75, 3.05) is 5.32 Å². The van der Waals surface area contributed by atoms with Gasteiger partial charge in [0.25, 0.3) is 0 Å². The van der Waals surface area contributed by atoms with Crippen molar-refractivity contribution in [3.63, 3.8) is 0 Å². The number of rotatable bonds is 4. The molecule has 0 aliphatic heterocycles. The smallest absolute Gasteiger partial charge is 0.250 e. The first-order chi connectivity index (χ1) is 13.4. The van der Waals surface area contributed by atoms with Gasteiger partial charge in [0.05, 0.1) is 0 Å². The molecule has 1 heterocycles. The number of carbonyl (C=O) groups is 1. The Morgan fingerprint density at radius 1 is 1.14 bits per heavy atom. The fourth-order valence-corrected chi connectivity index (χ4v) is 3.43. The number of furan rings is 1. The first-order valence-electron chi connectivity index (χ1n) is 8.33. The molecule has 1 aromatic heterocycles. The van der Waals surface area contributed by atoms with Crippen LogP contribution in [0.2, 0.25) is 5.02 Å². The maximum Gasteiger partial charge on any atom is 0.250 e. The van der Waals surface area contributed by atoms with Crippen LogP contribution in [0.1, 0.15) is 11.3 Å². The maximum atomic E-state index is 12.1. The van der Waals surface area contributed by atoms with Gasteiger partial charge in [-0.15, -0.1) is 0 Å². The van der Waals surface area contributed by atoms with E-state index in [0.717, 1.165) is 20.4 Å². The van der Waals surface area contributed by atoms with Gasteiger partial charge in [-0.05, 0) is 108 Å². The van der Waals surface area contributed by atoms with E-state index in [1.54, 1.807) is 24.3 Å². The van der Waals surface area contributed by atoms with Crippen LogP contribution in [0.3, 0.4) is 0 Å². The molecule has 0 spiro atoms. The minimum Gasteiger partial charge on any atom is -0.457 e. The summed E-state index contributed by atoms with van der Waals surface area (Å²) in [4.78, 5) is 12.1. The molecular formula is C21H16ClIN2O2S. The molecule has 1 amide bonds. The van der Waals surface area contributed by atoms with Gasteiger partial charge in [0.2, 0.25) is 5.91 Å². The van der Waals surface area contributed by atoms with Gasteiger partial charge in [0.15, 0.2) is 5.11 Å². The van der Waals surface area contributed by atoms with Crippen LogP contribution in [0.4, 0.5) is 5.69 Å². The van der Waals surface area contributed by atoms with Gasteiger partial charge >= 0.3 is 0 Å². The minimum absolute atomic E-state index is 0.236. The lowest BCUT2D eigenvalue weighted by molar-refractivity contribution is -0.115. The lowest BCUT2D eigenvalue weighted by Gasteiger charge is -2.10. The summed E-state index contributed by atoms with van der Waals surface area (Å²) in [7, 11) is 0. The fourth-order valence-electron chi connectivity index (χ4n) is 2.44.